The van der Waals surface area contributed by atoms with Gasteiger partial charge in [-0.25, -0.2) is 0 Å². The Hall–Kier alpha value is -1.11. The van der Waals surface area contributed by atoms with Gasteiger partial charge in [0.15, 0.2) is 0 Å². The minimum Gasteiger partial charge on any atom is -0.481 e. The van der Waals surface area contributed by atoms with Crippen LogP contribution in [-0.2, 0) is 4.79 Å². The fraction of sp³-hybridized carbons (Fsp3) is 0.385. The van der Waals surface area contributed by atoms with Crippen LogP contribution in [0.2, 0.25) is 0 Å². The number of carboxylic acids is 1. The third-order valence-corrected chi connectivity index (χ3v) is 4.04. The Morgan fingerprint density at radius 2 is 2.11 bits per heavy atom. The first-order chi connectivity index (χ1) is 8.49. The molecule has 96 valence electrons. The van der Waals surface area contributed by atoms with Crippen molar-refractivity contribution in [3.8, 4) is 0 Å². The summed E-state index contributed by atoms with van der Waals surface area (Å²) >= 11 is 2.17. The second-order valence-corrected chi connectivity index (χ2v) is 5.85. The number of amides is 1. The highest BCUT2D eigenvalue weighted by Gasteiger charge is 2.37. The normalized spacial score (nSPS) is 17.1. The van der Waals surface area contributed by atoms with E-state index in [1.807, 2.05) is 18.2 Å². The molecule has 0 saturated carbocycles. The van der Waals surface area contributed by atoms with Crippen molar-refractivity contribution >= 4 is 34.5 Å². The van der Waals surface area contributed by atoms with E-state index in [4.69, 9.17) is 5.11 Å². The quantitative estimate of drug-likeness (QED) is 0.841. The lowest BCUT2D eigenvalue weighted by atomic mass is 9.86. The van der Waals surface area contributed by atoms with Crippen molar-refractivity contribution in [3.63, 3.8) is 0 Å². The molecule has 1 atom stereocenters. The fourth-order valence-corrected chi connectivity index (χ4v) is 2.54. The summed E-state index contributed by atoms with van der Waals surface area (Å²) in [6.07, 6.45) is 0. The SMILES string of the molecule is CC(C(=O)O)C1CN(C(=O)c2cccc(I)c2)C1. The van der Waals surface area contributed by atoms with Crippen LogP contribution < -0.4 is 0 Å². The number of benzene rings is 1. The summed E-state index contributed by atoms with van der Waals surface area (Å²) in [5, 5.41) is 8.89. The van der Waals surface area contributed by atoms with Crippen LogP contribution in [-0.4, -0.2) is 35.0 Å². The Kier molecular flexibility index (Phi) is 3.89. The monoisotopic (exact) mass is 359 g/mol. The van der Waals surface area contributed by atoms with Gasteiger partial charge in [0.1, 0.15) is 0 Å². The summed E-state index contributed by atoms with van der Waals surface area (Å²) in [4.78, 5) is 24.6. The lowest BCUT2D eigenvalue weighted by molar-refractivity contribution is -0.144. The lowest BCUT2D eigenvalue weighted by Gasteiger charge is -2.41. The predicted octanol–water partition coefficient (Wildman–Crippen LogP) is 2.08. The average molecular weight is 359 g/mol. The van der Waals surface area contributed by atoms with Crippen molar-refractivity contribution in [2.75, 3.05) is 13.1 Å². The summed E-state index contributed by atoms with van der Waals surface area (Å²) in [5.74, 6) is -1.11. The number of rotatable bonds is 3. The Labute approximate surface area is 119 Å². The number of hydrogen-bond acceptors (Lipinski definition) is 2. The van der Waals surface area contributed by atoms with Crippen molar-refractivity contribution < 1.29 is 14.7 Å². The molecule has 1 unspecified atom stereocenters. The van der Waals surface area contributed by atoms with Gasteiger partial charge in [-0.1, -0.05) is 13.0 Å². The van der Waals surface area contributed by atoms with Crippen molar-refractivity contribution in [2.24, 2.45) is 11.8 Å². The summed E-state index contributed by atoms with van der Waals surface area (Å²) in [6.45, 7) is 2.77. The van der Waals surface area contributed by atoms with Gasteiger partial charge in [0.25, 0.3) is 5.91 Å². The van der Waals surface area contributed by atoms with Crippen molar-refractivity contribution in [2.45, 2.75) is 6.92 Å². The van der Waals surface area contributed by atoms with E-state index in [0.717, 1.165) is 3.57 Å². The zero-order valence-electron chi connectivity index (χ0n) is 9.97. The molecule has 18 heavy (non-hydrogen) atoms. The van der Waals surface area contributed by atoms with E-state index in [2.05, 4.69) is 22.6 Å². The maximum Gasteiger partial charge on any atom is 0.306 e. The molecule has 0 spiro atoms. The maximum atomic E-state index is 12.1. The molecule has 1 aliphatic heterocycles. The molecule has 1 saturated heterocycles. The molecule has 2 rings (SSSR count). The van der Waals surface area contributed by atoms with Crippen LogP contribution in [0.5, 0.6) is 0 Å². The van der Waals surface area contributed by atoms with Crippen LogP contribution in [0.15, 0.2) is 24.3 Å². The molecule has 0 radical (unpaired) electrons. The standard InChI is InChI=1S/C13H14INO3/c1-8(13(17)18)10-6-15(7-10)12(16)9-3-2-4-11(14)5-9/h2-5,8,10H,6-7H2,1H3,(H,17,18). The molecule has 4 nitrogen and oxygen atoms in total. The van der Waals surface area contributed by atoms with Crippen molar-refractivity contribution in [1.82, 2.24) is 4.90 Å². The van der Waals surface area contributed by atoms with Crippen LogP contribution in [0.4, 0.5) is 0 Å². The number of carbonyl (C=O) groups is 2. The molecule has 1 aliphatic rings. The lowest BCUT2D eigenvalue weighted by Crippen LogP contribution is -2.53. The van der Waals surface area contributed by atoms with Crippen molar-refractivity contribution in [1.29, 1.82) is 0 Å². The van der Waals surface area contributed by atoms with Gasteiger partial charge in [0, 0.05) is 28.1 Å². The Bertz CT molecular complexity index is 483. The maximum absolute atomic E-state index is 12.1. The van der Waals surface area contributed by atoms with E-state index >= 15 is 0 Å². The number of hydrogen-bond donors (Lipinski definition) is 1. The Morgan fingerprint density at radius 3 is 2.67 bits per heavy atom. The molecule has 1 fully saturated rings. The van der Waals surface area contributed by atoms with E-state index < -0.39 is 5.97 Å². The van der Waals surface area contributed by atoms with Crippen LogP contribution in [0.3, 0.4) is 0 Å². The highest BCUT2D eigenvalue weighted by Crippen LogP contribution is 2.25. The number of nitrogens with zero attached hydrogens (tertiary/aromatic N) is 1. The zero-order valence-corrected chi connectivity index (χ0v) is 12.1. The molecule has 0 aromatic heterocycles. The number of halogens is 1. The number of aliphatic carboxylic acids is 1. The smallest absolute Gasteiger partial charge is 0.306 e. The highest BCUT2D eigenvalue weighted by molar-refractivity contribution is 14.1. The molecule has 1 aromatic carbocycles. The van der Waals surface area contributed by atoms with Crippen LogP contribution in [0.1, 0.15) is 17.3 Å². The Morgan fingerprint density at radius 1 is 1.44 bits per heavy atom. The fourth-order valence-electron chi connectivity index (χ4n) is 2.00. The molecular weight excluding hydrogens is 345 g/mol. The molecule has 1 amide bonds. The molecule has 5 heteroatoms. The van der Waals surface area contributed by atoms with E-state index in [1.54, 1.807) is 17.9 Å². The number of carboxylic acid groups (broad SMARTS) is 1. The molecule has 1 aromatic rings. The van der Waals surface area contributed by atoms with Crippen LogP contribution in [0.25, 0.3) is 0 Å². The van der Waals surface area contributed by atoms with Gasteiger partial charge < -0.3 is 10.0 Å². The van der Waals surface area contributed by atoms with Gasteiger partial charge >= 0.3 is 5.97 Å². The van der Waals surface area contributed by atoms with E-state index in [0.29, 0.717) is 18.7 Å². The predicted molar refractivity (Wildman–Crippen MR) is 75.4 cm³/mol. The van der Waals surface area contributed by atoms with Gasteiger partial charge in [0.2, 0.25) is 0 Å². The van der Waals surface area contributed by atoms with E-state index in [9.17, 15) is 9.59 Å². The molecule has 0 bridgehead atoms. The number of likely N-dealkylation sites (tertiary alicyclic amines) is 1. The Balaban J connectivity index is 1.96. The van der Waals surface area contributed by atoms with E-state index in [1.165, 1.54) is 0 Å². The van der Waals surface area contributed by atoms with Gasteiger partial charge in [-0.05, 0) is 40.8 Å². The van der Waals surface area contributed by atoms with Gasteiger partial charge in [0.05, 0.1) is 5.92 Å². The summed E-state index contributed by atoms with van der Waals surface area (Å²) < 4.78 is 1.02. The van der Waals surface area contributed by atoms with Crippen LogP contribution in [0, 0.1) is 15.4 Å². The summed E-state index contributed by atoms with van der Waals surface area (Å²) in [5.41, 5.74) is 0.670. The molecule has 1 N–H and O–H groups in total. The first-order valence-corrected chi connectivity index (χ1v) is 6.84. The minimum absolute atomic E-state index is 0.0117. The van der Waals surface area contributed by atoms with E-state index in [-0.39, 0.29) is 17.7 Å². The number of carbonyl (C=O) groups excluding carboxylic acids is 1. The van der Waals surface area contributed by atoms with Gasteiger partial charge in [-0.15, -0.1) is 0 Å². The average Bonchev–Trinajstić information content (AvgIpc) is 2.26. The minimum atomic E-state index is -0.790. The summed E-state index contributed by atoms with van der Waals surface area (Å²) in [6, 6.07) is 7.42. The molecular formula is C13H14INO3. The highest BCUT2D eigenvalue weighted by atomic mass is 127. The van der Waals surface area contributed by atoms with Gasteiger partial charge in [-0.2, -0.15) is 0 Å². The second kappa shape index (κ2) is 5.26. The van der Waals surface area contributed by atoms with Gasteiger partial charge in [-0.3, -0.25) is 9.59 Å². The second-order valence-electron chi connectivity index (χ2n) is 4.61. The first kappa shape index (κ1) is 13.3. The third kappa shape index (κ3) is 2.66. The first-order valence-electron chi connectivity index (χ1n) is 5.76. The van der Waals surface area contributed by atoms with Crippen LogP contribution >= 0.6 is 22.6 Å². The topological polar surface area (TPSA) is 57.6 Å². The molecule has 0 aliphatic carbocycles. The summed E-state index contributed by atoms with van der Waals surface area (Å²) in [7, 11) is 0. The van der Waals surface area contributed by atoms with Crippen molar-refractivity contribution in [3.05, 3.63) is 33.4 Å². The zero-order chi connectivity index (χ0) is 13.3. The third-order valence-electron chi connectivity index (χ3n) is 3.37. The molecule has 1 heterocycles. The largest absolute Gasteiger partial charge is 0.481 e.